The normalized spacial score (nSPS) is 10.2. The Morgan fingerprint density at radius 2 is 1.71 bits per heavy atom. The molecule has 4 nitrogen and oxygen atoms in total. The maximum absolute atomic E-state index is 12.3. The van der Waals surface area contributed by atoms with E-state index in [1.54, 1.807) is 18.3 Å². The van der Waals surface area contributed by atoms with E-state index in [1.165, 1.54) is 0 Å². The Kier molecular flexibility index (Phi) is 5.20. The van der Waals surface area contributed by atoms with Gasteiger partial charge in [0.05, 0.1) is 0 Å². The fraction of sp³-hybridized carbons (Fsp3) is 0.100. The minimum absolute atomic E-state index is 0.121. The molecule has 0 saturated heterocycles. The second kappa shape index (κ2) is 7.92. The van der Waals surface area contributed by atoms with Crippen molar-refractivity contribution in [2.24, 2.45) is 0 Å². The van der Waals surface area contributed by atoms with Crippen molar-refractivity contribution in [1.29, 1.82) is 0 Å². The molecule has 2 aromatic carbocycles. The first kappa shape index (κ1) is 15.7. The molecule has 24 heavy (non-hydrogen) atoms. The molecular weight excluding hydrogens is 300 g/mol. The van der Waals surface area contributed by atoms with Crippen LogP contribution < -0.4 is 10.1 Å². The Hall–Kier alpha value is -3.14. The van der Waals surface area contributed by atoms with Gasteiger partial charge < -0.3 is 10.1 Å². The van der Waals surface area contributed by atoms with Crippen LogP contribution in [-0.2, 0) is 6.42 Å². The number of ether oxygens (including phenoxy) is 1. The summed E-state index contributed by atoms with van der Waals surface area (Å²) in [6, 6.07) is 22.4. The Labute approximate surface area is 141 Å². The van der Waals surface area contributed by atoms with Crippen molar-refractivity contribution >= 4 is 5.91 Å². The first-order valence-corrected chi connectivity index (χ1v) is 7.82. The van der Waals surface area contributed by atoms with E-state index in [0.717, 1.165) is 11.4 Å². The van der Waals surface area contributed by atoms with Gasteiger partial charge in [0.25, 0.3) is 5.91 Å². The maximum Gasteiger partial charge on any atom is 0.251 e. The van der Waals surface area contributed by atoms with Crippen molar-refractivity contribution in [3.63, 3.8) is 0 Å². The summed E-state index contributed by atoms with van der Waals surface area (Å²) in [6.07, 6.45) is 2.45. The topological polar surface area (TPSA) is 51.2 Å². The molecule has 0 radical (unpaired) electrons. The smallest absolute Gasteiger partial charge is 0.251 e. The first-order chi connectivity index (χ1) is 11.8. The van der Waals surface area contributed by atoms with Crippen molar-refractivity contribution in [1.82, 2.24) is 10.3 Å². The third-order valence-corrected chi connectivity index (χ3v) is 3.47. The number of amides is 1. The van der Waals surface area contributed by atoms with Gasteiger partial charge in [-0.2, -0.15) is 0 Å². The van der Waals surface area contributed by atoms with Gasteiger partial charge in [0.1, 0.15) is 11.5 Å². The number of carbonyl (C=O) groups excluding carboxylic acids is 1. The lowest BCUT2D eigenvalue weighted by Crippen LogP contribution is -2.25. The number of rotatable bonds is 6. The van der Waals surface area contributed by atoms with Crippen LogP contribution in [-0.4, -0.2) is 17.4 Å². The number of hydrogen-bond acceptors (Lipinski definition) is 3. The minimum atomic E-state index is -0.121. The summed E-state index contributed by atoms with van der Waals surface area (Å²) in [5.74, 6) is 1.26. The monoisotopic (exact) mass is 318 g/mol. The van der Waals surface area contributed by atoms with E-state index < -0.39 is 0 Å². The molecular formula is C20H18N2O2. The van der Waals surface area contributed by atoms with E-state index >= 15 is 0 Å². The molecule has 0 aliphatic heterocycles. The number of hydrogen-bond donors (Lipinski definition) is 1. The van der Waals surface area contributed by atoms with E-state index in [2.05, 4.69) is 10.3 Å². The van der Waals surface area contributed by atoms with Crippen molar-refractivity contribution in [2.75, 3.05) is 6.54 Å². The lowest BCUT2D eigenvalue weighted by molar-refractivity contribution is 0.0953. The predicted octanol–water partition coefficient (Wildman–Crippen LogP) is 3.85. The zero-order valence-electron chi connectivity index (χ0n) is 13.2. The van der Waals surface area contributed by atoms with Crippen LogP contribution >= 0.6 is 0 Å². The maximum atomic E-state index is 12.3. The van der Waals surface area contributed by atoms with Crippen molar-refractivity contribution < 1.29 is 9.53 Å². The molecule has 4 heteroatoms. The molecule has 1 heterocycles. The molecule has 0 unspecified atom stereocenters. The zero-order valence-corrected chi connectivity index (χ0v) is 13.2. The number of pyridine rings is 1. The summed E-state index contributed by atoms with van der Waals surface area (Å²) in [5.41, 5.74) is 1.53. The van der Waals surface area contributed by atoms with Crippen LogP contribution in [0.4, 0.5) is 0 Å². The summed E-state index contributed by atoms with van der Waals surface area (Å²) in [6.45, 7) is 0.541. The summed E-state index contributed by atoms with van der Waals surface area (Å²) < 4.78 is 5.75. The molecule has 1 N–H and O–H groups in total. The van der Waals surface area contributed by atoms with Crippen LogP contribution in [0, 0.1) is 0 Å². The lowest BCUT2D eigenvalue weighted by Gasteiger charge is -2.08. The first-order valence-electron chi connectivity index (χ1n) is 7.82. The lowest BCUT2D eigenvalue weighted by atomic mass is 10.2. The fourth-order valence-electron chi connectivity index (χ4n) is 2.28. The highest BCUT2D eigenvalue weighted by atomic mass is 16.5. The van der Waals surface area contributed by atoms with E-state index in [9.17, 15) is 4.79 Å². The number of nitrogens with one attached hydrogen (secondary N) is 1. The van der Waals surface area contributed by atoms with Gasteiger partial charge in [0.15, 0.2) is 0 Å². The summed E-state index contributed by atoms with van der Waals surface area (Å²) in [5, 5.41) is 2.90. The SMILES string of the molecule is O=C(NCCc1ccccn1)c1cccc(Oc2ccccc2)c1. The molecule has 1 aromatic heterocycles. The van der Waals surface area contributed by atoms with Gasteiger partial charge in [0.2, 0.25) is 0 Å². The number of para-hydroxylation sites is 1. The standard InChI is InChI=1S/C20H18N2O2/c23-20(22-14-12-17-8-4-5-13-21-17)16-7-6-11-19(15-16)24-18-9-2-1-3-10-18/h1-11,13,15H,12,14H2,(H,22,23). The predicted molar refractivity (Wildman–Crippen MR) is 93.2 cm³/mol. The van der Waals surface area contributed by atoms with Gasteiger partial charge in [-0.15, -0.1) is 0 Å². The Morgan fingerprint density at radius 1 is 0.917 bits per heavy atom. The van der Waals surface area contributed by atoms with Crippen LogP contribution in [0.3, 0.4) is 0 Å². The third-order valence-electron chi connectivity index (χ3n) is 3.47. The van der Waals surface area contributed by atoms with E-state index in [-0.39, 0.29) is 5.91 Å². The third kappa shape index (κ3) is 4.43. The van der Waals surface area contributed by atoms with Crippen LogP contribution in [0.15, 0.2) is 79.0 Å². The second-order valence-electron chi connectivity index (χ2n) is 5.27. The number of nitrogens with zero attached hydrogens (tertiary/aromatic N) is 1. The largest absolute Gasteiger partial charge is 0.457 e. The summed E-state index contributed by atoms with van der Waals surface area (Å²) >= 11 is 0. The van der Waals surface area contributed by atoms with Crippen LogP contribution in [0.1, 0.15) is 16.1 Å². The summed E-state index contributed by atoms with van der Waals surface area (Å²) in [7, 11) is 0. The van der Waals surface area contributed by atoms with Crippen LogP contribution in [0.2, 0.25) is 0 Å². The highest BCUT2D eigenvalue weighted by Gasteiger charge is 2.07. The van der Waals surface area contributed by atoms with E-state index in [0.29, 0.717) is 24.3 Å². The van der Waals surface area contributed by atoms with Gasteiger partial charge in [0, 0.05) is 30.4 Å². The molecule has 0 fully saturated rings. The highest BCUT2D eigenvalue weighted by Crippen LogP contribution is 2.21. The molecule has 0 saturated carbocycles. The number of carbonyl (C=O) groups is 1. The van der Waals surface area contributed by atoms with Gasteiger partial charge in [-0.1, -0.05) is 30.3 Å². The Morgan fingerprint density at radius 3 is 2.50 bits per heavy atom. The van der Waals surface area contributed by atoms with Gasteiger partial charge in [-0.05, 0) is 42.5 Å². The van der Waals surface area contributed by atoms with Crippen LogP contribution in [0.25, 0.3) is 0 Å². The molecule has 0 bridgehead atoms. The number of benzene rings is 2. The molecule has 0 aliphatic rings. The molecule has 0 atom stereocenters. The molecule has 1 amide bonds. The van der Waals surface area contributed by atoms with Crippen molar-refractivity contribution in [3.8, 4) is 11.5 Å². The van der Waals surface area contributed by atoms with E-state index in [4.69, 9.17) is 4.74 Å². The molecule has 120 valence electrons. The van der Waals surface area contributed by atoms with E-state index in [1.807, 2.05) is 60.7 Å². The average molecular weight is 318 g/mol. The average Bonchev–Trinajstić information content (AvgIpc) is 2.64. The Balaban J connectivity index is 1.58. The number of aromatic nitrogens is 1. The van der Waals surface area contributed by atoms with Gasteiger partial charge >= 0.3 is 0 Å². The van der Waals surface area contributed by atoms with Crippen LogP contribution in [0.5, 0.6) is 11.5 Å². The van der Waals surface area contributed by atoms with Gasteiger partial charge in [-0.3, -0.25) is 9.78 Å². The fourth-order valence-corrected chi connectivity index (χ4v) is 2.28. The summed E-state index contributed by atoms with van der Waals surface area (Å²) in [4.78, 5) is 16.5. The highest BCUT2D eigenvalue weighted by molar-refractivity contribution is 5.94. The molecule has 3 aromatic rings. The Bertz CT molecular complexity index is 789. The zero-order chi connectivity index (χ0) is 16.6. The second-order valence-corrected chi connectivity index (χ2v) is 5.27. The molecule has 3 rings (SSSR count). The van der Waals surface area contributed by atoms with Gasteiger partial charge in [-0.25, -0.2) is 0 Å². The van der Waals surface area contributed by atoms with Crippen molar-refractivity contribution in [2.45, 2.75) is 6.42 Å². The molecule has 0 aliphatic carbocycles. The molecule has 0 spiro atoms. The van der Waals surface area contributed by atoms with Crippen molar-refractivity contribution in [3.05, 3.63) is 90.3 Å². The minimum Gasteiger partial charge on any atom is -0.457 e. The quantitative estimate of drug-likeness (QED) is 0.751.